The van der Waals surface area contributed by atoms with E-state index in [0.717, 1.165) is 12.1 Å². The lowest BCUT2D eigenvalue weighted by molar-refractivity contribution is -0.118. The van der Waals surface area contributed by atoms with Crippen molar-refractivity contribution in [3.8, 4) is 0 Å². The van der Waals surface area contributed by atoms with Gasteiger partial charge in [0.15, 0.2) is 11.6 Å². The van der Waals surface area contributed by atoms with Crippen molar-refractivity contribution in [2.24, 2.45) is 5.73 Å². The molecule has 0 bridgehead atoms. The third-order valence-electron chi connectivity index (χ3n) is 2.01. The van der Waals surface area contributed by atoms with Gasteiger partial charge < -0.3 is 11.1 Å². The molecule has 0 fully saturated rings. The van der Waals surface area contributed by atoms with Gasteiger partial charge in [-0.1, -0.05) is 6.92 Å². The fourth-order valence-electron chi connectivity index (χ4n) is 1.16. The molecule has 3 N–H and O–H groups in total. The summed E-state index contributed by atoms with van der Waals surface area (Å²) in [4.78, 5) is 10.9. The highest BCUT2D eigenvalue weighted by Crippen LogP contribution is 2.14. The summed E-state index contributed by atoms with van der Waals surface area (Å²) < 4.78 is 25.4. The van der Waals surface area contributed by atoms with Crippen LogP contribution in [0.1, 0.15) is 13.3 Å². The van der Waals surface area contributed by atoms with Crippen LogP contribution in [0.5, 0.6) is 0 Å². The Morgan fingerprint density at radius 2 is 2.13 bits per heavy atom. The van der Waals surface area contributed by atoms with Crippen LogP contribution >= 0.6 is 0 Å². The summed E-state index contributed by atoms with van der Waals surface area (Å²) in [6, 6.07) is 2.76. The molecule has 0 aliphatic heterocycles. The first-order chi connectivity index (χ1) is 7.04. The Morgan fingerprint density at radius 3 is 2.60 bits per heavy atom. The normalized spacial score (nSPS) is 12.2. The topological polar surface area (TPSA) is 55.1 Å². The molecule has 1 unspecified atom stereocenters. The van der Waals surface area contributed by atoms with E-state index in [0.29, 0.717) is 12.1 Å². The average Bonchev–Trinajstić information content (AvgIpc) is 2.19. The molecule has 15 heavy (non-hydrogen) atoms. The van der Waals surface area contributed by atoms with E-state index in [9.17, 15) is 13.6 Å². The van der Waals surface area contributed by atoms with Gasteiger partial charge in [0.2, 0.25) is 5.91 Å². The van der Waals surface area contributed by atoms with Crippen LogP contribution in [0.3, 0.4) is 0 Å². The van der Waals surface area contributed by atoms with E-state index in [2.05, 4.69) is 5.32 Å². The van der Waals surface area contributed by atoms with Crippen molar-refractivity contribution in [2.75, 3.05) is 5.32 Å². The van der Waals surface area contributed by atoms with Crippen molar-refractivity contribution < 1.29 is 13.6 Å². The lowest BCUT2D eigenvalue weighted by Gasteiger charge is -2.14. The van der Waals surface area contributed by atoms with E-state index in [1.807, 2.05) is 0 Å². The van der Waals surface area contributed by atoms with Crippen molar-refractivity contribution in [3.05, 3.63) is 29.8 Å². The number of carbonyl (C=O) groups is 1. The van der Waals surface area contributed by atoms with Crippen LogP contribution < -0.4 is 11.1 Å². The van der Waals surface area contributed by atoms with Crippen molar-refractivity contribution in [1.29, 1.82) is 0 Å². The monoisotopic (exact) mass is 214 g/mol. The quantitative estimate of drug-likeness (QED) is 0.800. The molecule has 82 valence electrons. The first-order valence-electron chi connectivity index (χ1n) is 4.55. The summed E-state index contributed by atoms with van der Waals surface area (Å²) in [5, 5.41) is 2.71. The second-order valence-electron chi connectivity index (χ2n) is 3.14. The number of primary amides is 1. The molecule has 0 aromatic heterocycles. The number of nitrogens with two attached hydrogens (primary N) is 1. The van der Waals surface area contributed by atoms with Gasteiger partial charge in [0.25, 0.3) is 0 Å². The van der Waals surface area contributed by atoms with Gasteiger partial charge in [0, 0.05) is 11.8 Å². The number of rotatable bonds is 4. The van der Waals surface area contributed by atoms with Gasteiger partial charge >= 0.3 is 0 Å². The number of hydrogen-bond acceptors (Lipinski definition) is 2. The summed E-state index contributed by atoms with van der Waals surface area (Å²) in [5.74, 6) is -2.41. The van der Waals surface area contributed by atoms with Gasteiger partial charge in [-0.3, -0.25) is 4.79 Å². The predicted molar refractivity (Wildman–Crippen MR) is 53.3 cm³/mol. The van der Waals surface area contributed by atoms with Gasteiger partial charge in [-0.05, 0) is 18.6 Å². The molecule has 1 aromatic carbocycles. The van der Waals surface area contributed by atoms with Crippen molar-refractivity contribution in [2.45, 2.75) is 19.4 Å². The van der Waals surface area contributed by atoms with Gasteiger partial charge in [-0.2, -0.15) is 0 Å². The Morgan fingerprint density at radius 1 is 1.47 bits per heavy atom. The summed E-state index contributed by atoms with van der Waals surface area (Å²) in [6.07, 6.45) is 0.480. The van der Waals surface area contributed by atoms with E-state index < -0.39 is 23.6 Å². The zero-order chi connectivity index (χ0) is 11.4. The highest BCUT2D eigenvalue weighted by molar-refractivity contribution is 5.82. The second-order valence-corrected chi connectivity index (χ2v) is 3.14. The Kier molecular flexibility index (Phi) is 3.60. The number of benzene rings is 1. The van der Waals surface area contributed by atoms with Crippen LogP contribution in [0.2, 0.25) is 0 Å². The van der Waals surface area contributed by atoms with Crippen LogP contribution in [0.15, 0.2) is 18.2 Å². The fraction of sp³-hybridized carbons (Fsp3) is 0.300. The van der Waals surface area contributed by atoms with Crippen LogP contribution in [0.4, 0.5) is 14.5 Å². The predicted octanol–water partition coefficient (Wildman–Crippen LogP) is 1.64. The highest BCUT2D eigenvalue weighted by Gasteiger charge is 2.12. The third-order valence-corrected chi connectivity index (χ3v) is 2.01. The van der Waals surface area contributed by atoms with Crippen LogP contribution in [-0.2, 0) is 4.79 Å². The molecule has 1 aromatic rings. The maximum absolute atomic E-state index is 12.8. The number of hydrogen-bond donors (Lipinski definition) is 2. The van der Waals surface area contributed by atoms with Gasteiger partial charge in [0.05, 0.1) is 0 Å². The molecule has 5 heteroatoms. The van der Waals surface area contributed by atoms with Crippen LogP contribution in [0, 0.1) is 11.6 Å². The summed E-state index contributed by atoms with van der Waals surface area (Å²) in [6.45, 7) is 1.77. The molecule has 0 radical (unpaired) electrons. The summed E-state index contributed by atoms with van der Waals surface area (Å²) >= 11 is 0. The minimum atomic E-state index is -0.959. The van der Waals surface area contributed by atoms with Gasteiger partial charge in [0.1, 0.15) is 6.04 Å². The van der Waals surface area contributed by atoms with Crippen molar-refractivity contribution >= 4 is 11.6 Å². The van der Waals surface area contributed by atoms with Crippen LogP contribution in [-0.4, -0.2) is 11.9 Å². The molecule has 1 atom stereocenters. The molecule has 0 aliphatic rings. The maximum Gasteiger partial charge on any atom is 0.239 e. The van der Waals surface area contributed by atoms with E-state index >= 15 is 0 Å². The van der Waals surface area contributed by atoms with E-state index in [1.54, 1.807) is 6.92 Å². The third kappa shape index (κ3) is 2.90. The number of halogens is 2. The van der Waals surface area contributed by atoms with E-state index in [-0.39, 0.29) is 0 Å². The molecule has 1 rings (SSSR count). The molecule has 0 saturated heterocycles. The largest absolute Gasteiger partial charge is 0.374 e. The van der Waals surface area contributed by atoms with Crippen molar-refractivity contribution in [1.82, 2.24) is 0 Å². The zero-order valence-electron chi connectivity index (χ0n) is 8.26. The van der Waals surface area contributed by atoms with Gasteiger partial charge in [-0.15, -0.1) is 0 Å². The lowest BCUT2D eigenvalue weighted by Crippen LogP contribution is -2.34. The molecule has 1 amide bonds. The summed E-state index contributed by atoms with van der Waals surface area (Å²) in [5.41, 5.74) is 5.43. The maximum atomic E-state index is 12.8. The first kappa shape index (κ1) is 11.4. The molecular formula is C10H12F2N2O. The van der Waals surface area contributed by atoms with Crippen LogP contribution in [0.25, 0.3) is 0 Å². The fourth-order valence-corrected chi connectivity index (χ4v) is 1.16. The van der Waals surface area contributed by atoms with Gasteiger partial charge in [-0.25, -0.2) is 8.78 Å². The molecule has 0 aliphatic carbocycles. The summed E-state index contributed by atoms with van der Waals surface area (Å²) in [7, 11) is 0. The molecule has 0 spiro atoms. The Hall–Kier alpha value is -1.65. The highest BCUT2D eigenvalue weighted by atomic mass is 19.2. The Labute approximate surface area is 86.3 Å². The minimum Gasteiger partial charge on any atom is -0.374 e. The minimum absolute atomic E-state index is 0.333. The SMILES string of the molecule is CCC(Nc1ccc(F)c(F)c1)C(N)=O. The smallest absolute Gasteiger partial charge is 0.239 e. The number of amides is 1. The second kappa shape index (κ2) is 4.72. The number of carbonyl (C=O) groups excluding carboxylic acids is 1. The zero-order valence-corrected chi connectivity index (χ0v) is 8.26. The van der Waals surface area contributed by atoms with E-state index in [1.165, 1.54) is 6.07 Å². The molecule has 3 nitrogen and oxygen atoms in total. The Balaban J connectivity index is 2.80. The Bertz CT molecular complexity index is 368. The van der Waals surface area contributed by atoms with Crippen molar-refractivity contribution in [3.63, 3.8) is 0 Å². The molecular weight excluding hydrogens is 202 g/mol. The molecule has 0 heterocycles. The first-order valence-corrected chi connectivity index (χ1v) is 4.55. The number of nitrogens with one attached hydrogen (secondary N) is 1. The standard InChI is InChI=1S/C10H12F2N2O/c1-2-9(10(13)15)14-6-3-4-7(11)8(12)5-6/h3-5,9,14H,2H2,1H3,(H2,13,15). The van der Waals surface area contributed by atoms with E-state index in [4.69, 9.17) is 5.73 Å². The molecule has 0 saturated carbocycles. The number of anilines is 1. The average molecular weight is 214 g/mol. The lowest BCUT2D eigenvalue weighted by atomic mass is 10.2.